The third-order valence-electron chi connectivity index (χ3n) is 3.88. The zero-order valence-electron chi connectivity index (χ0n) is 13.1. The Morgan fingerprint density at radius 3 is 2.75 bits per heavy atom. The maximum atomic E-state index is 4.67. The van der Waals surface area contributed by atoms with Crippen LogP contribution in [0.5, 0.6) is 0 Å². The number of fused-ring (bicyclic) bond motifs is 1. The van der Waals surface area contributed by atoms with Crippen LogP contribution in [-0.4, -0.2) is 24.8 Å². The van der Waals surface area contributed by atoms with Gasteiger partial charge >= 0.3 is 0 Å². The first-order valence-electron chi connectivity index (χ1n) is 7.76. The fraction of sp³-hybridized carbons (Fsp3) is 0.176. The number of nitrogens with zero attached hydrogens (tertiary/aromatic N) is 5. The van der Waals surface area contributed by atoms with Crippen LogP contribution in [0.3, 0.4) is 0 Å². The zero-order valence-corrected chi connectivity index (χ0v) is 13.9. The van der Waals surface area contributed by atoms with Crippen molar-refractivity contribution >= 4 is 22.8 Å². The summed E-state index contributed by atoms with van der Waals surface area (Å²) in [6, 6.07) is 10.1. The van der Waals surface area contributed by atoms with Crippen molar-refractivity contribution in [2.24, 2.45) is 0 Å². The van der Waals surface area contributed by atoms with Gasteiger partial charge in [-0.1, -0.05) is 6.92 Å². The molecule has 6 nitrogen and oxygen atoms in total. The Morgan fingerprint density at radius 2 is 2.00 bits per heavy atom. The summed E-state index contributed by atoms with van der Waals surface area (Å²) in [7, 11) is 0. The lowest BCUT2D eigenvalue weighted by Gasteiger charge is -2.17. The predicted molar refractivity (Wildman–Crippen MR) is 95.0 cm³/mol. The van der Waals surface area contributed by atoms with Crippen LogP contribution >= 0.6 is 11.3 Å². The van der Waals surface area contributed by atoms with Crippen LogP contribution in [0.1, 0.15) is 24.9 Å². The summed E-state index contributed by atoms with van der Waals surface area (Å²) in [5.74, 6) is 1.55. The standard InChI is InChI=1S/C17H16N6S/c1-2-14(12-5-8-18-9-6-12)19-15-3-4-16-20-21-17(23(16)22-15)13-7-10-24-11-13/h3-11,14H,2H2,1H3,(H,19,22). The highest BCUT2D eigenvalue weighted by molar-refractivity contribution is 7.08. The lowest BCUT2D eigenvalue weighted by molar-refractivity contribution is 0.736. The van der Waals surface area contributed by atoms with Crippen molar-refractivity contribution in [3.8, 4) is 11.4 Å². The van der Waals surface area contributed by atoms with Crippen molar-refractivity contribution in [2.45, 2.75) is 19.4 Å². The first-order valence-corrected chi connectivity index (χ1v) is 8.71. The van der Waals surface area contributed by atoms with Gasteiger partial charge in [0, 0.05) is 23.3 Å². The molecular weight excluding hydrogens is 320 g/mol. The molecule has 1 unspecified atom stereocenters. The molecule has 0 aliphatic carbocycles. The molecule has 1 atom stereocenters. The van der Waals surface area contributed by atoms with Crippen molar-refractivity contribution in [1.29, 1.82) is 0 Å². The van der Waals surface area contributed by atoms with Gasteiger partial charge in [-0.25, -0.2) is 0 Å². The Bertz CT molecular complexity index is 932. The van der Waals surface area contributed by atoms with E-state index in [1.807, 2.05) is 53.5 Å². The highest BCUT2D eigenvalue weighted by Crippen LogP contribution is 2.23. The second-order valence-corrected chi connectivity index (χ2v) is 6.19. The summed E-state index contributed by atoms with van der Waals surface area (Å²) >= 11 is 1.63. The molecule has 0 aromatic carbocycles. The van der Waals surface area contributed by atoms with Gasteiger partial charge in [0.15, 0.2) is 11.5 Å². The maximum absolute atomic E-state index is 4.67. The van der Waals surface area contributed by atoms with Gasteiger partial charge in [-0.15, -0.1) is 15.3 Å². The van der Waals surface area contributed by atoms with Crippen LogP contribution in [0.2, 0.25) is 0 Å². The van der Waals surface area contributed by atoms with E-state index in [0.717, 1.165) is 29.3 Å². The number of pyridine rings is 1. The summed E-state index contributed by atoms with van der Waals surface area (Å²) in [5, 5.41) is 20.7. The zero-order chi connectivity index (χ0) is 16.4. The molecule has 0 aliphatic rings. The fourth-order valence-electron chi connectivity index (χ4n) is 2.63. The van der Waals surface area contributed by atoms with Crippen LogP contribution in [0.25, 0.3) is 17.0 Å². The summed E-state index contributed by atoms with van der Waals surface area (Å²) in [6.45, 7) is 2.15. The summed E-state index contributed by atoms with van der Waals surface area (Å²) in [6.07, 6.45) is 4.57. The third kappa shape index (κ3) is 2.74. The molecule has 4 heterocycles. The minimum atomic E-state index is 0.180. The first kappa shape index (κ1) is 14.8. The highest BCUT2D eigenvalue weighted by atomic mass is 32.1. The maximum Gasteiger partial charge on any atom is 0.186 e. The number of anilines is 1. The second kappa shape index (κ2) is 6.37. The Kier molecular flexibility index (Phi) is 3.92. The minimum absolute atomic E-state index is 0.180. The number of nitrogens with one attached hydrogen (secondary N) is 1. The van der Waals surface area contributed by atoms with Crippen LogP contribution in [-0.2, 0) is 0 Å². The average molecular weight is 336 g/mol. The van der Waals surface area contributed by atoms with Crippen molar-refractivity contribution in [3.05, 3.63) is 59.0 Å². The van der Waals surface area contributed by atoms with E-state index in [0.29, 0.717) is 0 Å². The van der Waals surface area contributed by atoms with E-state index in [1.54, 1.807) is 15.9 Å². The fourth-order valence-corrected chi connectivity index (χ4v) is 3.27. The van der Waals surface area contributed by atoms with Gasteiger partial charge < -0.3 is 5.32 Å². The van der Waals surface area contributed by atoms with Crippen LogP contribution in [0.4, 0.5) is 5.82 Å². The molecule has 0 fully saturated rings. The molecular formula is C17H16N6S. The molecule has 0 saturated heterocycles. The van der Waals surface area contributed by atoms with Gasteiger partial charge in [-0.2, -0.15) is 15.9 Å². The lowest BCUT2D eigenvalue weighted by Crippen LogP contribution is -2.12. The van der Waals surface area contributed by atoms with Crippen LogP contribution < -0.4 is 5.32 Å². The predicted octanol–water partition coefficient (Wildman–Crippen LogP) is 3.81. The molecule has 4 aromatic heterocycles. The van der Waals surface area contributed by atoms with Crippen LogP contribution in [0.15, 0.2) is 53.5 Å². The van der Waals surface area contributed by atoms with Gasteiger partial charge in [0.1, 0.15) is 5.82 Å². The Labute approximate surface area is 143 Å². The SMILES string of the molecule is CCC(Nc1ccc2nnc(-c3ccsc3)n2n1)c1ccncc1. The molecule has 0 spiro atoms. The monoisotopic (exact) mass is 336 g/mol. The normalized spacial score (nSPS) is 12.4. The topological polar surface area (TPSA) is 68.0 Å². The highest BCUT2D eigenvalue weighted by Gasteiger charge is 2.13. The van der Waals surface area contributed by atoms with Crippen LogP contribution in [0, 0.1) is 0 Å². The largest absolute Gasteiger partial charge is 0.362 e. The molecule has 120 valence electrons. The molecule has 4 aromatic rings. The number of hydrogen-bond donors (Lipinski definition) is 1. The minimum Gasteiger partial charge on any atom is -0.362 e. The van der Waals surface area contributed by atoms with E-state index in [-0.39, 0.29) is 6.04 Å². The first-order chi connectivity index (χ1) is 11.8. The number of rotatable bonds is 5. The summed E-state index contributed by atoms with van der Waals surface area (Å²) in [4.78, 5) is 4.08. The Hall–Kier alpha value is -2.80. The van der Waals surface area contributed by atoms with Crippen molar-refractivity contribution in [2.75, 3.05) is 5.32 Å². The van der Waals surface area contributed by atoms with Gasteiger partial charge in [0.2, 0.25) is 0 Å². The molecule has 0 aliphatic heterocycles. The van der Waals surface area contributed by atoms with Crippen molar-refractivity contribution in [3.63, 3.8) is 0 Å². The van der Waals surface area contributed by atoms with E-state index in [2.05, 4.69) is 32.5 Å². The molecule has 0 radical (unpaired) electrons. The number of thiophene rings is 1. The number of aromatic nitrogens is 5. The second-order valence-electron chi connectivity index (χ2n) is 5.41. The Morgan fingerprint density at radius 1 is 1.12 bits per heavy atom. The summed E-state index contributed by atoms with van der Waals surface area (Å²) < 4.78 is 1.78. The van der Waals surface area contributed by atoms with E-state index in [9.17, 15) is 0 Å². The van der Waals surface area contributed by atoms with Gasteiger partial charge in [0.25, 0.3) is 0 Å². The quantitative estimate of drug-likeness (QED) is 0.600. The molecule has 1 N–H and O–H groups in total. The van der Waals surface area contributed by atoms with E-state index in [4.69, 9.17) is 0 Å². The van der Waals surface area contributed by atoms with Gasteiger partial charge in [0.05, 0.1) is 6.04 Å². The Balaban J connectivity index is 1.68. The molecule has 4 rings (SSSR count). The number of hydrogen-bond acceptors (Lipinski definition) is 6. The smallest absolute Gasteiger partial charge is 0.186 e. The summed E-state index contributed by atoms with van der Waals surface area (Å²) in [5.41, 5.74) is 2.95. The van der Waals surface area contributed by atoms with Gasteiger partial charge in [-0.05, 0) is 47.7 Å². The molecule has 0 saturated carbocycles. The van der Waals surface area contributed by atoms with E-state index in [1.165, 1.54) is 5.56 Å². The molecule has 7 heteroatoms. The molecule has 0 bridgehead atoms. The van der Waals surface area contributed by atoms with Gasteiger partial charge in [-0.3, -0.25) is 4.98 Å². The molecule has 0 amide bonds. The van der Waals surface area contributed by atoms with Crippen molar-refractivity contribution in [1.82, 2.24) is 24.8 Å². The van der Waals surface area contributed by atoms with Crippen molar-refractivity contribution < 1.29 is 0 Å². The average Bonchev–Trinajstić information content (AvgIpc) is 3.29. The third-order valence-corrected chi connectivity index (χ3v) is 4.56. The lowest BCUT2D eigenvalue weighted by atomic mass is 10.1. The van der Waals surface area contributed by atoms with E-state index >= 15 is 0 Å². The molecule has 24 heavy (non-hydrogen) atoms. The van der Waals surface area contributed by atoms with E-state index < -0.39 is 0 Å².